The van der Waals surface area contributed by atoms with Gasteiger partial charge in [-0.05, 0) is 24.6 Å². The molecule has 3 nitrogen and oxygen atoms in total. The molecule has 108 valence electrons. The first-order valence-corrected chi connectivity index (χ1v) is 7.40. The Morgan fingerprint density at radius 3 is 2.25 bits per heavy atom. The SMILES string of the molecule is CCC(CC)CN(CC)CC(=O)c1ccc(C#N)cc1. The number of rotatable bonds is 8. The van der Waals surface area contributed by atoms with E-state index in [2.05, 4.69) is 31.7 Å². The minimum Gasteiger partial charge on any atom is -0.296 e. The van der Waals surface area contributed by atoms with Gasteiger partial charge in [0.15, 0.2) is 5.78 Å². The Balaban J connectivity index is 2.64. The predicted octanol–water partition coefficient (Wildman–Crippen LogP) is 3.50. The molecular formula is C17H24N2O. The Kier molecular flexibility index (Phi) is 6.97. The van der Waals surface area contributed by atoms with Crippen LogP contribution in [0.4, 0.5) is 0 Å². The van der Waals surface area contributed by atoms with E-state index in [1.54, 1.807) is 24.3 Å². The monoisotopic (exact) mass is 272 g/mol. The number of carbonyl (C=O) groups excluding carboxylic acids is 1. The second-order valence-corrected chi connectivity index (χ2v) is 5.12. The highest BCUT2D eigenvalue weighted by atomic mass is 16.1. The van der Waals surface area contributed by atoms with Gasteiger partial charge >= 0.3 is 0 Å². The first-order chi connectivity index (χ1) is 9.64. The van der Waals surface area contributed by atoms with Crippen LogP contribution in [0.15, 0.2) is 24.3 Å². The maximum atomic E-state index is 12.2. The van der Waals surface area contributed by atoms with Crippen LogP contribution < -0.4 is 0 Å². The molecule has 0 amide bonds. The molecule has 0 bridgehead atoms. The lowest BCUT2D eigenvalue weighted by Crippen LogP contribution is -2.34. The van der Waals surface area contributed by atoms with Crippen molar-refractivity contribution in [1.82, 2.24) is 4.90 Å². The van der Waals surface area contributed by atoms with E-state index in [1.165, 1.54) is 0 Å². The van der Waals surface area contributed by atoms with Crippen LogP contribution in [0.5, 0.6) is 0 Å². The molecule has 0 spiro atoms. The number of nitrogens with zero attached hydrogens (tertiary/aromatic N) is 2. The van der Waals surface area contributed by atoms with E-state index < -0.39 is 0 Å². The third kappa shape index (κ3) is 4.79. The topological polar surface area (TPSA) is 44.1 Å². The van der Waals surface area contributed by atoms with Gasteiger partial charge in [0.25, 0.3) is 0 Å². The molecule has 0 unspecified atom stereocenters. The van der Waals surface area contributed by atoms with Crippen LogP contribution in [0.3, 0.4) is 0 Å². The summed E-state index contributed by atoms with van der Waals surface area (Å²) in [6, 6.07) is 8.95. The summed E-state index contributed by atoms with van der Waals surface area (Å²) in [5.74, 6) is 0.783. The van der Waals surface area contributed by atoms with E-state index >= 15 is 0 Å². The second-order valence-electron chi connectivity index (χ2n) is 5.12. The lowest BCUT2D eigenvalue weighted by atomic mass is 10.0. The summed E-state index contributed by atoms with van der Waals surface area (Å²) in [4.78, 5) is 14.5. The molecule has 1 aromatic carbocycles. The Morgan fingerprint density at radius 1 is 1.20 bits per heavy atom. The van der Waals surface area contributed by atoms with Crippen LogP contribution in [0, 0.1) is 17.2 Å². The Hall–Kier alpha value is -1.66. The van der Waals surface area contributed by atoms with Crippen LogP contribution in [0.25, 0.3) is 0 Å². The van der Waals surface area contributed by atoms with Crippen molar-refractivity contribution < 1.29 is 4.79 Å². The van der Waals surface area contributed by atoms with Crippen LogP contribution >= 0.6 is 0 Å². The van der Waals surface area contributed by atoms with Crippen molar-refractivity contribution >= 4 is 5.78 Å². The molecule has 0 saturated carbocycles. The molecule has 20 heavy (non-hydrogen) atoms. The van der Waals surface area contributed by atoms with Crippen LogP contribution in [-0.4, -0.2) is 30.3 Å². The first kappa shape index (κ1) is 16.4. The molecule has 1 aromatic rings. The van der Waals surface area contributed by atoms with Gasteiger partial charge in [0.05, 0.1) is 18.2 Å². The van der Waals surface area contributed by atoms with Gasteiger partial charge in [0.2, 0.25) is 0 Å². The number of nitriles is 1. The summed E-state index contributed by atoms with van der Waals surface area (Å²) in [7, 11) is 0. The normalized spacial score (nSPS) is 10.8. The van der Waals surface area contributed by atoms with Gasteiger partial charge in [-0.2, -0.15) is 5.26 Å². The van der Waals surface area contributed by atoms with Crippen LogP contribution in [-0.2, 0) is 0 Å². The van der Waals surface area contributed by atoms with Crippen molar-refractivity contribution in [3.63, 3.8) is 0 Å². The Bertz CT molecular complexity index is 455. The zero-order valence-corrected chi connectivity index (χ0v) is 12.7. The quantitative estimate of drug-likeness (QED) is 0.680. The predicted molar refractivity (Wildman–Crippen MR) is 81.7 cm³/mol. The highest BCUT2D eigenvalue weighted by Gasteiger charge is 2.14. The molecule has 0 fully saturated rings. The van der Waals surface area contributed by atoms with Crippen molar-refractivity contribution in [2.45, 2.75) is 33.6 Å². The molecule has 0 atom stereocenters. The Labute approximate surface area is 122 Å². The third-order valence-electron chi connectivity index (χ3n) is 3.82. The van der Waals surface area contributed by atoms with E-state index in [0.717, 1.165) is 25.9 Å². The molecule has 1 rings (SSSR count). The van der Waals surface area contributed by atoms with Gasteiger partial charge in [-0.1, -0.05) is 45.7 Å². The number of carbonyl (C=O) groups is 1. The Morgan fingerprint density at radius 2 is 1.80 bits per heavy atom. The largest absolute Gasteiger partial charge is 0.296 e. The van der Waals surface area contributed by atoms with Crippen molar-refractivity contribution in [2.24, 2.45) is 5.92 Å². The van der Waals surface area contributed by atoms with Gasteiger partial charge in [0.1, 0.15) is 0 Å². The maximum absolute atomic E-state index is 12.2. The molecule has 3 heteroatoms. The number of hydrogen-bond donors (Lipinski definition) is 0. The van der Waals surface area contributed by atoms with Crippen LogP contribution in [0.1, 0.15) is 49.5 Å². The molecule has 0 aliphatic heterocycles. The minimum atomic E-state index is 0.127. The fourth-order valence-corrected chi connectivity index (χ4v) is 2.24. The van der Waals surface area contributed by atoms with Crippen molar-refractivity contribution in [3.8, 4) is 6.07 Å². The van der Waals surface area contributed by atoms with E-state index in [4.69, 9.17) is 5.26 Å². The lowest BCUT2D eigenvalue weighted by Gasteiger charge is -2.24. The summed E-state index contributed by atoms with van der Waals surface area (Å²) in [6.45, 7) is 8.81. The fraction of sp³-hybridized carbons (Fsp3) is 0.529. The van der Waals surface area contributed by atoms with Gasteiger partial charge in [-0.25, -0.2) is 0 Å². The summed E-state index contributed by atoms with van der Waals surface area (Å²) in [6.07, 6.45) is 2.30. The summed E-state index contributed by atoms with van der Waals surface area (Å²) in [5.41, 5.74) is 1.28. The zero-order valence-electron chi connectivity index (χ0n) is 12.7. The van der Waals surface area contributed by atoms with Crippen molar-refractivity contribution in [3.05, 3.63) is 35.4 Å². The highest BCUT2D eigenvalue weighted by Crippen LogP contribution is 2.11. The molecule has 0 aliphatic rings. The average Bonchev–Trinajstić information content (AvgIpc) is 2.51. The number of Topliss-reactive ketones (excluding diaryl/α,β-unsaturated/α-hetero) is 1. The lowest BCUT2D eigenvalue weighted by molar-refractivity contribution is 0.0920. The molecule has 0 heterocycles. The highest BCUT2D eigenvalue weighted by molar-refractivity contribution is 5.97. The molecule has 0 radical (unpaired) electrons. The fourth-order valence-electron chi connectivity index (χ4n) is 2.24. The summed E-state index contributed by atoms with van der Waals surface area (Å²) < 4.78 is 0. The van der Waals surface area contributed by atoms with E-state index in [0.29, 0.717) is 23.6 Å². The standard InChI is InChI=1S/C17H24N2O/c1-4-14(5-2)12-19(6-3)13-17(20)16-9-7-15(11-18)8-10-16/h7-10,14H,4-6,12-13H2,1-3H3. The number of benzene rings is 1. The smallest absolute Gasteiger partial charge is 0.176 e. The number of likely N-dealkylation sites (N-methyl/N-ethyl adjacent to an activating group) is 1. The van der Waals surface area contributed by atoms with Gasteiger partial charge in [-0.3, -0.25) is 9.69 Å². The molecule has 0 saturated heterocycles. The molecule has 0 N–H and O–H groups in total. The maximum Gasteiger partial charge on any atom is 0.176 e. The first-order valence-electron chi connectivity index (χ1n) is 7.40. The third-order valence-corrected chi connectivity index (χ3v) is 3.82. The van der Waals surface area contributed by atoms with E-state index in [1.807, 2.05) is 0 Å². The van der Waals surface area contributed by atoms with Gasteiger partial charge < -0.3 is 0 Å². The average molecular weight is 272 g/mol. The van der Waals surface area contributed by atoms with Crippen LogP contribution in [0.2, 0.25) is 0 Å². The van der Waals surface area contributed by atoms with E-state index in [9.17, 15) is 4.79 Å². The zero-order chi connectivity index (χ0) is 15.0. The van der Waals surface area contributed by atoms with Crippen molar-refractivity contribution in [2.75, 3.05) is 19.6 Å². The molecular weight excluding hydrogens is 248 g/mol. The minimum absolute atomic E-state index is 0.127. The number of ketones is 1. The number of hydrogen-bond acceptors (Lipinski definition) is 3. The summed E-state index contributed by atoms with van der Waals surface area (Å²) in [5, 5.41) is 8.76. The molecule has 0 aliphatic carbocycles. The van der Waals surface area contributed by atoms with Gasteiger partial charge in [-0.15, -0.1) is 0 Å². The molecule has 0 aromatic heterocycles. The van der Waals surface area contributed by atoms with Crippen molar-refractivity contribution in [1.29, 1.82) is 5.26 Å². The summed E-state index contributed by atoms with van der Waals surface area (Å²) >= 11 is 0. The second kappa shape index (κ2) is 8.50. The van der Waals surface area contributed by atoms with Gasteiger partial charge in [0, 0.05) is 12.1 Å². The van der Waals surface area contributed by atoms with E-state index in [-0.39, 0.29) is 5.78 Å².